The molecule has 0 spiro atoms. The maximum atomic E-state index is 12.7. The van der Waals surface area contributed by atoms with E-state index in [-0.39, 0.29) is 17.7 Å². The summed E-state index contributed by atoms with van der Waals surface area (Å²) in [5, 5.41) is 2.07. The number of rotatable bonds is 5. The van der Waals surface area contributed by atoms with E-state index in [1.165, 1.54) is 4.88 Å². The highest BCUT2D eigenvalue weighted by molar-refractivity contribution is 7.10. The van der Waals surface area contributed by atoms with Gasteiger partial charge in [-0.1, -0.05) is 6.07 Å². The molecule has 6 heteroatoms. The fraction of sp³-hybridized carbons (Fsp3) is 0.429. The Balaban J connectivity index is 1.29. The molecule has 2 heterocycles. The van der Waals surface area contributed by atoms with Crippen LogP contribution in [0.3, 0.4) is 0 Å². The Hall–Kier alpha value is -2.34. The van der Waals surface area contributed by atoms with E-state index in [9.17, 15) is 9.59 Å². The monoisotopic (exact) mass is 384 g/mol. The van der Waals surface area contributed by atoms with E-state index < -0.39 is 0 Å². The second-order valence-electron chi connectivity index (χ2n) is 7.04. The third-order valence-corrected chi connectivity index (χ3v) is 6.31. The predicted molar refractivity (Wildman–Crippen MR) is 105 cm³/mol. The van der Waals surface area contributed by atoms with Crippen LogP contribution in [0, 0.1) is 5.92 Å². The van der Waals surface area contributed by atoms with E-state index in [1.807, 2.05) is 34.9 Å². The van der Waals surface area contributed by atoms with Gasteiger partial charge in [0.15, 0.2) is 0 Å². The molecule has 1 aliphatic heterocycles. The highest BCUT2D eigenvalue weighted by Crippen LogP contribution is 2.50. The molecule has 1 aliphatic carbocycles. The Morgan fingerprint density at radius 3 is 2.41 bits per heavy atom. The number of benzene rings is 1. The predicted octanol–water partition coefficient (Wildman–Crippen LogP) is 3.23. The zero-order valence-electron chi connectivity index (χ0n) is 15.5. The summed E-state index contributed by atoms with van der Waals surface area (Å²) in [4.78, 5) is 30.5. The largest absolute Gasteiger partial charge is 0.494 e. The molecule has 2 amide bonds. The molecule has 142 valence electrons. The van der Waals surface area contributed by atoms with E-state index in [2.05, 4.69) is 11.4 Å². The molecular formula is C21H24N2O3S. The molecule has 2 unspecified atom stereocenters. The summed E-state index contributed by atoms with van der Waals surface area (Å²) in [6, 6.07) is 11.4. The van der Waals surface area contributed by atoms with Crippen molar-refractivity contribution in [2.75, 3.05) is 32.8 Å². The van der Waals surface area contributed by atoms with Gasteiger partial charge in [-0.25, -0.2) is 0 Å². The van der Waals surface area contributed by atoms with Crippen molar-refractivity contribution in [3.05, 3.63) is 52.2 Å². The van der Waals surface area contributed by atoms with Crippen LogP contribution in [0.15, 0.2) is 41.8 Å². The zero-order valence-corrected chi connectivity index (χ0v) is 16.3. The van der Waals surface area contributed by atoms with Crippen LogP contribution in [0.5, 0.6) is 5.75 Å². The number of amides is 2. The lowest BCUT2D eigenvalue weighted by atomic mass is 10.1. The second-order valence-corrected chi connectivity index (χ2v) is 8.02. The van der Waals surface area contributed by atoms with Gasteiger partial charge in [0.05, 0.1) is 6.61 Å². The molecule has 2 aliphatic rings. The number of hydrogen-bond acceptors (Lipinski definition) is 4. The summed E-state index contributed by atoms with van der Waals surface area (Å²) in [5.74, 6) is 1.59. The third kappa shape index (κ3) is 3.86. The zero-order chi connectivity index (χ0) is 18.8. The van der Waals surface area contributed by atoms with Gasteiger partial charge in [-0.2, -0.15) is 0 Å². The molecule has 0 bridgehead atoms. The molecule has 2 fully saturated rings. The SMILES string of the molecule is CCOc1ccc(C(=O)N2CCN(C(=O)C3CC3c3cccs3)CC2)cc1. The number of hydrogen-bond donors (Lipinski definition) is 0. The van der Waals surface area contributed by atoms with Crippen molar-refractivity contribution in [2.24, 2.45) is 5.92 Å². The Labute approximate surface area is 163 Å². The van der Waals surface area contributed by atoms with E-state index in [0.717, 1.165) is 12.2 Å². The lowest BCUT2D eigenvalue weighted by molar-refractivity contribution is -0.134. The van der Waals surface area contributed by atoms with E-state index >= 15 is 0 Å². The molecule has 5 nitrogen and oxygen atoms in total. The minimum absolute atomic E-state index is 0.0213. The maximum absolute atomic E-state index is 12.7. The first-order chi connectivity index (χ1) is 13.2. The summed E-state index contributed by atoms with van der Waals surface area (Å²) in [5.41, 5.74) is 0.665. The molecule has 1 saturated heterocycles. The normalized spacial score (nSPS) is 21.8. The third-order valence-electron chi connectivity index (χ3n) is 5.31. The van der Waals surface area contributed by atoms with E-state index in [1.54, 1.807) is 23.5 Å². The van der Waals surface area contributed by atoms with E-state index in [0.29, 0.717) is 44.3 Å². The van der Waals surface area contributed by atoms with Gasteiger partial charge in [-0.05, 0) is 49.1 Å². The molecule has 4 rings (SSSR count). The molecular weight excluding hydrogens is 360 g/mol. The van der Waals surface area contributed by atoms with Crippen LogP contribution in [-0.2, 0) is 4.79 Å². The highest BCUT2D eigenvalue weighted by atomic mass is 32.1. The van der Waals surface area contributed by atoms with Crippen LogP contribution >= 0.6 is 11.3 Å². The Kier molecular flexibility index (Phi) is 5.16. The van der Waals surface area contributed by atoms with Gasteiger partial charge >= 0.3 is 0 Å². The van der Waals surface area contributed by atoms with Crippen molar-refractivity contribution in [3.63, 3.8) is 0 Å². The molecule has 0 N–H and O–H groups in total. The van der Waals surface area contributed by atoms with Crippen LogP contribution in [0.4, 0.5) is 0 Å². The fourth-order valence-electron chi connectivity index (χ4n) is 3.69. The van der Waals surface area contributed by atoms with Crippen molar-refractivity contribution in [3.8, 4) is 5.75 Å². The second kappa shape index (κ2) is 7.72. The average molecular weight is 385 g/mol. The summed E-state index contributed by atoms with van der Waals surface area (Å²) in [6.07, 6.45) is 0.963. The maximum Gasteiger partial charge on any atom is 0.253 e. The Morgan fingerprint density at radius 2 is 1.78 bits per heavy atom. The topological polar surface area (TPSA) is 49.9 Å². The molecule has 1 saturated carbocycles. The van der Waals surface area contributed by atoms with Gasteiger partial charge in [0.25, 0.3) is 5.91 Å². The smallest absolute Gasteiger partial charge is 0.253 e. The number of nitrogens with zero attached hydrogens (tertiary/aromatic N) is 2. The van der Waals surface area contributed by atoms with Gasteiger partial charge in [-0.15, -0.1) is 11.3 Å². The summed E-state index contributed by atoms with van der Waals surface area (Å²) in [6.45, 7) is 4.97. The number of ether oxygens (including phenoxy) is 1. The first-order valence-corrected chi connectivity index (χ1v) is 10.4. The van der Waals surface area contributed by atoms with Crippen LogP contribution in [0.1, 0.15) is 34.5 Å². The number of piperazine rings is 1. The van der Waals surface area contributed by atoms with Gasteiger partial charge in [0.2, 0.25) is 5.91 Å². The summed E-state index contributed by atoms with van der Waals surface area (Å²) < 4.78 is 5.42. The lowest BCUT2D eigenvalue weighted by Gasteiger charge is -2.35. The van der Waals surface area contributed by atoms with Crippen molar-refractivity contribution in [1.29, 1.82) is 0 Å². The van der Waals surface area contributed by atoms with Crippen LogP contribution in [-0.4, -0.2) is 54.4 Å². The van der Waals surface area contributed by atoms with Gasteiger partial charge < -0.3 is 14.5 Å². The van der Waals surface area contributed by atoms with Crippen molar-refractivity contribution in [1.82, 2.24) is 9.80 Å². The standard InChI is InChI=1S/C21H24N2O3S/c1-2-26-16-7-5-15(6-8-16)20(24)22-9-11-23(12-10-22)21(25)18-14-17(18)19-4-3-13-27-19/h3-8,13,17-18H,2,9-12,14H2,1H3. The minimum Gasteiger partial charge on any atom is -0.494 e. The summed E-state index contributed by atoms with van der Waals surface area (Å²) in [7, 11) is 0. The van der Waals surface area contributed by atoms with Gasteiger partial charge in [0, 0.05) is 48.5 Å². The minimum atomic E-state index is 0.0213. The van der Waals surface area contributed by atoms with Crippen molar-refractivity contribution < 1.29 is 14.3 Å². The first-order valence-electron chi connectivity index (χ1n) is 9.51. The Morgan fingerprint density at radius 1 is 1.07 bits per heavy atom. The number of thiophene rings is 1. The Bertz CT molecular complexity index is 795. The van der Waals surface area contributed by atoms with Gasteiger partial charge in [-0.3, -0.25) is 9.59 Å². The number of carbonyl (C=O) groups is 2. The van der Waals surface area contributed by atoms with Crippen LogP contribution < -0.4 is 4.74 Å². The first kappa shape index (κ1) is 18.0. The molecule has 1 aromatic heterocycles. The summed E-state index contributed by atoms with van der Waals surface area (Å²) >= 11 is 1.73. The molecule has 1 aromatic carbocycles. The van der Waals surface area contributed by atoms with E-state index in [4.69, 9.17) is 4.74 Å². The molecule has 2 aromatic rings. The van der Waals surface area contributed by atoms with Crippen molar-refractivity contribution in [2.45, 2.75) is 19.3 Å². The van der Waals surface area contributed by atoms with Gasteiger partial charge in [0.1, 0.15) is 5.75 Å². The molecule has 0 radical (unpaired) electrons. The fourth-order valence-corrected chi connectivity index (χ4v) is 4.60. The van der Waals surface area contributed by atoms with Crippen LogP contribution in [0.2, 0.25) is 0 Å². The number of carbonyl (C=O) groups excluding carboxylic acids is 2. The average Bonchev–Trinajstić information content (AvgIpc) is 3.32. The molecule has 27 heavy (non-hydrogen) atoms. The van der Waals surface area contributed by atoms with Crippen molar-refractivity contribution >= 4 is 23.2 Å². The van der Waals surface area contributed by atoms with Crippen LogP contribution in [0.25, 0.3) is 0 Å². The lowest BCUT2D eigenvalue weighted by Crippen LogP contribution is -2.51. The molecule has 2 atom stereocenters. The quantitative estimate of drug-likeness (QED) is 0.795. The highest BCUT2D eigenvalue weighted by Gasteiger charge is 2.46.